The first-order valence-electron chi connectivity index (χ1n) is 6.29. The second-order valence-corrected chi connectivity index (χ2v) is 4.85. The van der Waals surface area contributed by atoms with E-state index in [0.29, 0.717) is 17.2 Å². The molecule has 1 unspecified atom stereocenters. The minimum Gasteiger partial charge on any atom is -0.399 e. The first-order valence-corrected chi connectivity index (χ1v) is 6.29. The number of nitrogens with zero attached hydrogens (tertiary/aromatic N) is 2. The zero-order valence-electron chi connectivity index (χ0n) is 10.7. The summed E-state index contributed by atoms with van der Waals surface area (Å²) in [6.45, 7) is 2.62. The van der Waals surface area contributed by atoms with Crippen LogP contribution in [0, 0.1) is 17.2 Å². The molecule has 4 nitrogen and oxygen atoms in total. The first kappa shape index (κ1) is 12.7. The third-order valence-electron chi connectivity index (χ3n) is 3.34. The molecule has 0 aromatic heterocycles. The van der Waals surface area contributed by atoms with Gasteiger partial charge in [0, 0.05) is 25.9 Å². The van der Waals surface area contributed by atoms with Gasteiger partial charge < -0.3 is 15.4 Å². The molecule has 1 aromatic carbocycles. The van der Waals surface area contributed by atoms with Gasteiger partial charge in [0.1, 0.15) is 6.07 Å². The first-order chi connectivity index (χ1) is 8.70. The molecule has 1 atom stereocenters. The Kier molecular flexibility index (Phi) is 4.06. The van der Waals surface area contributed by atoms with Crippen LogP contribution in [0.5, 0.6) is 0 Å². The normalized spacial score (nSPS) is 19.2. The molecule has 18 heavy (non-hydrogen) atoms. The van der Waals surface area contributed by atoms with Gasteiger partial charge in [-0.2, -0.15) is 5.26 Å². The average molecular weight is 245 g/mol. The number of rotatable bonds is 3. The highest BCUT2D eigenvalue weighted by molar-refractivity contribution is 5.64. The molecule has 1 aliphatic heterocycles. The van der Waals surface area contributed by atoms with Gasteiger partial charge in [-0.3, -0.25) is 0 Å². The van der Waals surface area contributed by atoms with E-state index in [4.69, 9.17) is 15.7 Å². The molecular formula is C14H19N3O. The van der Waals surface area contributed by atoms with E-state index >= 15 is 0 Å². The summed E-state index contributed by atoms with van der Waals surface area (Å²) in [4.78, 5) is 2.12. The lowest BCUT2D eigenvalue weighted by Crippen LogP contribution is -2.31. The van der Waals surface area contributed by atoms with E-state index in [9.17, 15) is 0 Å². The molecule has 1 aromatic rings. The lowest BCUT2D eigenvalue weighted by Gasteiger charge is -2.29. The fourth-order valence-corrected chi connectivity index (χ4v) is 2.41. The van der Waals surface area contributed by atoms with Crippen LogP contribution in [0.2, 0.25) is 0 Å². The van der Waals surface area contributed by atoms with Gasteiger partial charge in [0.15, 0.2) is 0 Å². The Hall–Kier alpha value is -1.73. The molecular weight excluding hydrogens is 226 g/mol. The monoisotopic (exact) mass is 245 g/mol. The van der Waals surface area contributed by atoms with Crippen molar-refractivity contribution in [3.8, 4) is 6.07 Å². The van der Waals surface area contributed by atoms with E-state index in [2.05, 4.69) is 11.0 Å². The summed E-state index contributed by atoms with van der Waals surface area (Å²) in [5.41, 5.74) is 7.90. The number of benzene rings is 1. The predicted molar refractivity (Wildman–Crippen MR) is 72.4 cm³/mol. The number of hydrogen-bond donors (Lipinski definition) is 1. The van der Waals surface area contributed by atoms with Crippen LogP contribution in [-0.2, 0) is 4.74 Å². The zero-order valence-corrected chi connectivity index (χ0v) is 10.7. The molecule has 0 spiro atoms. The fraction of sp³-hybridized carbons (Fsp3) is 0.500. The Morgan fingerprint density at radius 3 is 3.06 bits per heavy atom. The molecule has 2 N–H and O–H groups in total. The summed E-state index contributed by atoms with van der Waals surface area (Å²) >= 11 is 0. The Balaban J connectivity index is 2.08. The fourth-order valence-electron chi connectivity index (χ4n) is 2.41. The second kappa shape index (κ2) is 5.74. The minimum atomic E-state index is 0.549. The van der Waals surface area contributed by atoms with E-state index in [-0.39, 0.29) is 0 Å². The SMILES string of the molecule is CN(CC1CCCOC1)c1ccc(N)cc1C#N. The second-order valence-electron chi connectivity index (χ2n) is 4.85. The van der Waals surface area contributed by atoms with Gasteiger partial charge in [0.05, 0.1) is 17.9 Å². The predicted octanol–water partition coefficient (Wildman–Crippen LogP) is 2.00. The molecule has 0 saturated carbocycles. The van der Waals surface area contributed by atoms with Crippen LogP contribution in [-0.4, -0.2) is 26.8 Å². The van der Waals surface area contributed by atoms with E-state index in [1.165, 1.54) is 6.42 Å². The summed E-state index contributed by atoms with van der Waals surface area (Å²) in [5, 5.41) is 9.14. The van der Waals surface area contributed by atoms with Gasteiger partial charge in [0.25, 0.3) is 0 Å². The molecule has 2 rings (SSSR count). The third kappa shape index (κ3) is 2.93. The maximum Gasteiger partial charge on any atom is 0.101 e. The molecule has 1 fully saturated rings. The van der Waals surface area contributed by atoms with Crippen LogP contribution >= 0.6 is 0 Å². The summed E-state index contributed by atoms with van der Waals surface area (Å²) in [6, 6.07) is 7.68. The van der Waals surface area contributed by atoms with Crippen molar-refractivity contribution in [1.82, 2.24) is 0 Å². The van der Waals surface area contributed by atoms with Gasteiger partial charge >= 0.3 is 0 Å². The van der Waals surface area contributed by atoms with Crippen molar-refractivity contribution < 1.29 is 4.74 Å². The van der Waals surface area contributed by atoms with Crippen molar-refractivity contribution in [1.29, 1.82) is 5.26 Å². The quantitative estimate of drug-likeness (QED) is 0.827. The van der Waals surface area contributed by atoms with Crippen molar-refractivity contribution in [3.05, 3.63) is 23.8 Å². The van der Waals surface area contributed by atoms with Crippen LogP contribution in [0.3, 0.4) is 0 Å². The minimum absolute atomic E-state index is 0.549. The summed E-state index contributed by atoms with van der Waals surface area (Å²) in [5.74, 6) is 0.549. The van der Waals surface area contributed by atoms with Gasteiger partial charge in [-0.15, -0.1) is 0 Å². The van der Waals surface area contributed by atoms with E-state index in [0.717, 1.165) is 31.9 Å². The Bertz CT molecular complexity index is 447. The van der Waals surface area contributed by atoms with Crippen LogP contribution in [0.1, 0.15) is 18.4 Å². The van der Waals surface area contributed by atoms with Crippen molar-refractivity contribution in [3.63, 3.8) is 0 Å². The van der Waals surface area contributed by atoms with E-state index in [1.807, 2.05) is 19.2 Å². The molecule has 1 saturated heterocycles. The number of nitrogen functional groups attached to an aromatic ring is 1. The zero-order chi connectivity index (χ0) is 13.0. The third-order valence-corrected chi connectivity index (χ3v) is 3.34. The Labute approximate surface area is 108 Å². The summed E-state index contributed by atoms with van der Waals surface area (Å²) in [7, 11) is 2.01. The standard InChI is InChI=1S/C14H19N3O/c1-17(9-11-3-2-6-18-10-11)14-5-4-13(16)7-12(14)8-15/h4-5,7,11H,2-3,6,9-10,16H2,1H3. The molecule has 4 heteroatoms. The number of ether oxygens (including phenoxy) is 1. The smallest absolute Gasteiger partial charge is 0.101 e. The van der Waals surface area contributed by atoms with Crippen molar-refractivity contribution >= 4 is 11.4 Å². The topological polar surface area (TPSA) is 62.3 Å². The molecule has 1 heterocycles. The summed E-state index contributed by atoms with van der Waals surface area (Å²) < 4.78 is 5.48. The number of nitriles is 1. The number of anilines is 2. The lowest BCUT2D eigenvalue weighted by molar-refractivity contribution is 0.0576. The maximum atomic E-state index is 9.14. The molecule has 0 radical (unpaired) electrons. The van der Waals surface area contributed by atoms with Crippen molar-refractivity contribution in [2.24, 2.45) is 5.92 Å². The molecule has 0 aliphatic carbocycles. The highest BCUT2D eigenvalue weighted by Gasteiger charge is 2.17. The number of hydrogen-bond acceptors (Lipinski definition) is 4. The van der Waals surface area contributed by atoms with Crippen LogP contribution in [0.15, 0.2) is 18.2 Å². The average Bonchev–Trinajstić information content (AvgIpc) is 2.39. The highest BCUT2D eigenvalue weighted by atomic mass is 16.5. The van der Waals surface area contributed by atoms with Gasteiger partial charge in [0.2, 0.25) is 0 Å². The highest BCUT2D eigenvalue weighted by Crippen LogP contribution is 2.24. The Morgan fingerprint density at radius 1 is 1.56 bits per heavy atom. The van der Waals surface area contributed by atoms with Crippen LogP contribution < -0.4 is 10.6 Å². The van der Waals surface area contributed by atoms with E-state index in [1.54, 1.807) is 6.07 Å². The van der Waals surface area contributed by atoms with Crippen LogP contribution in [0.25, 0.3) is 0 Å². The van der Waals surface area contributed by atoms with Crippen LogP contribution in [0.4, 0.5) is 11.4 Å². The molecule has 0 amide bonds. The molecule has 0 bridgehead atoms. The number of nitrogens with two attached hydrogens (primary N) is 1. The largest absolute Gasteiger partial charge is 0.399 e. The van der Waals surface area contributed by atoms with Gasteiger partial charge in [-0.1, -0.05) is 0 Å². The molecule has 1 aliphatic rings. The van der Waals surface area contributed by atoms with Gasteiger partial charge in [-0.05, 0) is 37.0 Å². The van der Waals surface area contributed by atoms with E-state index < -0.39 is 0 Å². The summed E-state index contributed by atoms with van der Waals surface area (Å²) in [6.07, 6.45) is 2.33. The lowest BCUT2D eigenvalue weighted by atomic mass is 10.0. The molecule has 96 valence electrons. The van der Waals surface area contributed by atoms with Crippen molar-refractivity contribution in [2.75, 3.05) is 37.4 Å². The maximum absolute atomic E-state index is 9.14. The Morgan fingerprint density at radius 2 is 2.39 bits per heavy atom. The van der Waals surface area contributed by atoms with Gasteiger partial charge in [-0.25, -0.2) is 0 Å². The van der Waals surface area contributed by atoms with Crippen molar-refractivity contribution in [2.45, 2.75) is 12.8 Å².